The van der Waals surface area contributed by atoms with Crippen molar-refractivity contribution >= 4 is 26.0 Å². The number of nitrogens with zero attached hydrogens (tertiary/aromatic N) is 1. The summed E-state index contributed by atoms with van der Waals surface area (Å²) < 4.78 is 53.1. The van der Waals surface area contributed by atoms with Gasteiger partial charge in [0.2, 0.25) is 10.0 Å². The van der Waals surface area contributed by atoms with E-state index in [0.29, 0.717) is 6.07 Å². The molecule has 0 aliphatic carbocycles. The first-order valence-electron chi connectivity index (χ1n) is 6.12. The molecule has 1 aromatic carbocycles. The standard InChI is InChI=1S/C12H15BrF2N2O2S/c1-7-5-17(6-8(2)16-7)20(18,19)12-10(13)3-9(14)4-11(12)15/h3-4,7-8,16H,5-6H2,1-2H3. The van der Waals surface area contributed by atoms with Crippen molar-refractivity contribution in [1.82, 2.24) is 9.62 Å². The summed E-state index contributed by atoms with van der Waals surface area (Å²) in [5, 5.41) is 3.20. The minimum Gasteiger partial charge on any atom is -0.309 e. The Kier molecular flexibility index (Phi) is 4.48. The number of halogens is 3. The van der Waals surface area contributed by atoms with Crippen molar-refractivity contribution in [2.45, 2.75) is 30.8 Å². The third-order valence-electron chi connectivity index (χ3n) is 3.08. The zero-order chi connectivity index (χ0) is 15.1. The third kappa shape index (κ3) is 3.03. The molecule has 1 saturated heterocycles. The minimum absolute atomic E-state index is 0.0317. The lowest BCUT2D eigenvalue weighted by atomic mass is 10.2. The van der Waals surface area contributed by atoms with Crippen LogP contribution in [0.25, 0.3) is 0 Å². The fourth-order valence-electron chi connectivity index (χ4n) is 2.38. The second-order valence-electron chi connectivity index (χ2n) is 4.99. The van der Waals surface area contributed by atoms with E-state index < -0.39 is 26.6 Å². The Morgan fingerprint density at radius 3 is 2.30 bits per heavy atom. The van der Waals surface area contributed by atoms with Crippen LogP contribution in [0.5, 0.6) is 0 Å². The predicted molar refractivity (Wildman–Crippen MR) is 74.9 cm³/mol. The summed E-state index contributed by atoms with van der Waals surface area (Å²) >= 11 is 2.93. The predicted octanol–water partition coefficient (Wildman–Crippen LogP) is 2.10. The zero-order valence-corrected chi connectivity index (χ0v) is 13.4. The lowest BCUT2D eigenvalue weighted by Crippen LogP contribution is -2.55. The Labute approximate surface area is 125 Å². The first-order valence-corrected chi connectivity index (χ1v) is 8.36. The lowest BCUT2D eigenvalue weighted by molar-refractivity contribution is 0.262. The Balaban J connectivity index is 2.45. The van der Waals surface area contributed by atoms with Gasteiger partial charge in [-0.15, -0.1) is 0 Å². The van der Waals surface area contributed by atoms with Crippen LogP contribution >= 0.6 is 15.9 Å². The molecular weight excluding hydrogens is 354 g/mol. The summed E-state index contributed by atoms with van der Waals surface area (Å²) in [6.07, 6.45) is 0. The van der Waals surface area contributed by atoms with Crippen LogP contribution in [0.2, 0.25) is 0 Å². The van der Waals surface area contributed by atoms with Crippen LogP contribution < -0.4 is 5.32 Å². The number of hydrogen-bond donors (Lipinski definition) is 1. The number of nitrogens with one attached hydrogen (secondary N) is 1. The Morgan fingerprint density at radius 2 is 1.80 bits per heavy atom. The summed E-state index contributed by atoms with van der Waals surface area (Å²) in [6.45, 7) is 4.20. The smallest absolute Gasteiger partial charge is 0.247 e. The molecule has 1 fully saturated rings. The maximum Gasteiger partial charge on any atom is 0.247 e. The van der Waals surface area contributed by atoms with Crippen LogP contribution in [0, 0.1) is 11.6 Å². The van der Waals surface area contributed by atoms with E-state index in [4.69, 9.17) is 0 Å². The van der Waals surface area contributed by atoms with E-state index in [2.05, 4.69) is 21.2 Å². The van der Waals surface area contributed by atoms with E-state index in [1.54, 1.807) is 0 Å². The molecule has 1 N–H and O–H groups in total. The average Bonchev–Trinajstić information content (AvgIpc) is 2.25. The molecule has 2 rings (SSSR count). The molecule has 1 aliphatic rings. The fraction of sp³-hybridized carbons (Fsp3) is 0.500. The summed E-state index contributed by atoms with van der Waals surface area (Å²) in [4.78, 5) is -0.514. The van der Waals surface area contributed by atoms with Gasteiger partial charge >= 0.3 is 0 Å². The van der Waals surface area contributed by atoms with Crippen LogP contribution in [0.3, 0.4) is 0 Å². The Hall–Kier alpha value is -0.570. The molecule has 0 amide bonds. The van der Waals surface area contributed by atoms with Gasteiger partial charge in [0, 0.05) is 35.7 Å². The normalized spacial score (nSPS) is 24.9. The second-order valence-corrected chi connectivity index (χ2v) is 7.72. The van der Waals surface area contributed by atoms with E-state index in [1.807, 2.05) is 13.8 Å². The highest BCUT2D eigenvalue weighted by Crippen LogP contribution is 2.29. The van der Waals surface area contributed by atoms with E-state index in [9.17, 15) is 17.2 Å². The monoisotopic (exact) mass is 368 g/mol. The molecule has 0 bridgehead atoms. The molecule has 112 valence electrons. The lowest BCUT2D eigenvalue weighted by Gasteiger charge is -2.35. The highest BCUT2D eigenvalue weighted by Gasteiger charge is 2.34. The van der Waals surface area contributed by atoms with Gasteiger partial charge in [0.25, 0.3) is 0 Å². The third-order valence-corrected chi connectivity index (χ3v) is 5.88. The molecule has 0 saturated carbocycles. The van der Waals surface area contributed by atoms with E-state index in [1.165, 1.54) is 4.31 Å². The number of hydrogen-bond acceptors (Lipinski definition) is 3. The molecule has 8 heteroatoms. The van der Waals surface area contributed by atoms with Crippen LogP contribution in [0.1, 0.15) is 13.8 Å². The molecule has 0 spiro atoms. The molecule has 1 aliphatic heterocycles. The average molecular weight is 369 g/mol. The van der Waals surface area contributed by atoms with Gasteiger partial charge in [0.15, 0.2) is 0 Å². The molecule has 1 aromatic rings. The van der Waals surface area contributed by atoms with Crippen molar-refractivity contribution in [1.29, 1.82) is 0 Å². The van der Waals surface area contributed by atoms with Crippen molar-refractivity contribution in [2.75, 3.05) is 13.1 Å². The van der Waals surface area contributed by atoms with Gasteiger partial charge in [-0.1, -0.05) is 0 Å². The van der Waals surface area contributed by atoms with Crippen molar-refractivity contribution < 1.29 is 17.2 Å². The van der Waals surface area contributed by atoms with Gasteiger partial charge < -0.3 is 5.32 Å². The second kappa shape index (κ2) is 5.67. The van der Waals surface area contributed by atoms with Gasteiger partial charge in [0.1, 0.15) is 16.5 Å². The molecule has 4 nitrogen and oxygen atoms in total. The van der Waals surface area contributed by atoms with E-state index >= 15 is 0 Å². The number of piperazine rings is 1. The van der Waals surface area contributed by atoms with Crippen molar-refractivity contribution in [3.05, 3.63) is 28.2 Å². The summed E-state index contributed by atoms with van der Waals surface area (Å²) in [7, 11) is -4.00. The molecule has 0 radical (unpaired) electrons. The molecule has 1 heterocycles. The van der Waals surface area contributed by atoms with E-state index in [-0.39, 0.29) is 29.6 Å². The van der Waals surface area contributed by atoms with Gasteiger partial charge in [-0.25, -0.2) is 17.2 Å². The molecule has 2 unspecified atom stereocenters. The van der Waals surface area contributed by atoms with Crippen LogP contribution in [-0.2, 0) is 10.0 Å². The summed E-state index contributed by atoms with van der Waals surface area (Å²) in [6, 6.07) is 1.46. The SMILES string of the molecule is CC1CN(S(=O)(=O)c2c(F)cc(F)cc2Br)CC(C)N1. The Morgan fingerprint density at radius 1 is 1.25 bits per heavy atom. The molecule has 0 aromatic heterocycles. The van der Waals surface area contributed by atoms with Crippen molar-refractivity contribution in [3.63, 3.8) is 0 Å². The zero-order valence-electron chi connectivity index (χ0n) is 11.0. The van der Waals surface area contributed by atoms with Gasteiger partial charge in [-0.2, -0.15) is 4.31 Å². The van der Waals surface area contributed by atoms with Crippen LogP contribution in [-0.4, -0.2) is 37.9 Å². The molecular formula is C12H15BrF2N2O2S. The highest BCUT2D eigenvalue weighted by molar-refractivity contribution is 9.10. The maximum atomic E-state index is 13.9. The first-order chi connectivity index (χ1) is 9.21. The fourth-order valence-corrected chi connectivity index (χ4v) is 5.11. The highest BCUT2D eigenvalue weighted by atomic mass is 79.9. The Bertz CT molecular complexity index is 591. The number of sulfonamides is 1. The van der Waals surface area contributed by atoms with Crippen molar-refractivity contribution in [2.24, 2.45) is 0 Å². The molecule has 20 heavy (non-hydrogen) atoms. The first kappa shape index (κ1) is 15.8. The number of benzene rings is 1. The van der Waals surface area contributed by atoms with Gasteiger partial charge in [0.05, 0.1) is 0 Å². The maximum absolute atomic E-state index is 13.9. The van der Waals surface area contributed by atoms with Gasteiger partial charge in [-0.3, -0.25) is 0 Å². The topological polar surface area (TPSA) is 49.4 Å². The van der Waals surface area contributed by atoms with Crippen LogP contribution in [0.4, 0.5) is 8.78 Å². The van der Waals surface area contributed by atoms with Crippen LogP contribution in [0.15, 0.2) is 21.5 Å². The largest absolute Gasteiger partial charge is 0.309 e. The summed E-state index contributed by atoms with van der Waals surface area (Å²) in [5.41, 5.74) is 0. The van der Waals surface area contributed by atoms with E-state index in [0.717, 1.165) is 6.07 Å². The van der Waals surface area contributed by atoms with Crippen molar-refractivity contribution in [3.8, 4) is 0 Å². The van der Waals surface area contributed by atoms with Gasteiger partial charge in [-0.05, 0) is 35.8 Å². The summed E-state index contributed by atoms with van der Waals surface area (Å²) in [5.74, 6) is -1.91. The number of rotatable bonds is 2. The quantitative estimate of drug-likeness (QED) is 0.869. The minimum atomic E-state index is -4.00. The molecule has 2 atom stereocenters.